The zero-order valence-electron chi connectivity index (χ0n) is 31.7. The number of pyridine rings is 1. The van der Waals surface area contributed by atoms with E-state index in [1.54, 1.807) is 0 Å². The first-order chi connectivity index (χ1) is 24.4. The summed E-state index contributed by atoms with van der Waals surface area (Å²) < 4.78 is 2.55. The van der Waals surface area contributed by atoms with Crippen LogP contribution in [0, 0.1) is 0 Å². The van der Waals surface area contributed by atoms with Gasteiger partial charge in [-0.15, -0.1) is 0 Å². The van der Waals surface area contributed by atoms with E-state index in [1.807, 2.05) is 30.5 Å². The molecule has 0 atom stereocenters. The normalized spacial score (nSPS) is 12.2. The van der Waals surface area contributed by atoms with E-state index in [2.05, 4.69) is 112 Å². The molecular weight excluding hydrogens is 717 g/mol. The topological polar surface area (TPSA) is 59.4 Å². The number of fused-ring (bicyclic) bond motifs is 9. The van der Waals surface area contributed by atoms with Crippen LogP contribution in [0.4, 0.5) is 0 Å². The van der Waals surface area contributed by atoms with Crippen LogP contribution < -0.4 is 0 Å². The first kappa shape index (κ1) is 38.1. The van der Waals surface area contributed by atoms with E-state index in [0.29, 0.717) is 0 Å². The van der Waals surface area contributed by atoms with Gasteiger partial charge in [0.15, 0.2) is 0 Å². The third-order valence-corrected chi connectivity index (χ3v) is 10.4. The fourth-order valence-electron chi connectivity index (χ4n) is 8.08. The Balaban J connectivity index is 0.000000391. The number of hydrogen-bond acceptors (Lipinski definition) is 3. The molecule has 51 heavy (non-hydrogen) atoms. The predicted molar refractivity (Wildman–Crippen MR) is 215 cm³/mol. The predicted octanol–water partition coefficient (Wildman–Crippen LogP) is 11.8. The summed E-state index contributed by atoms with van der Waals surface area (Å²) in [5.41, 5.74) is 20.4. The summed E-state index contributed by atoms with van der Waals surface area (Å²) in [7, 11) is 0. The minimum Gasteiger partial charge on any atom is -0.355 e. The third kappa shape index (κ3) is 7.19. The molecule has 0 radical (unpaired) electrons. The van der Waals surface area contributed by atoms with Crippen LogP contribution in [0.1, 0.15) is 119 Å². The van der Waals surface area contributed by atoms with E-state index in [0.717, 1.165) is 73.9 Å². The Morgan fingerprint density at radius 3 is 1.84 bits per heavy atom. The minimum absolute atomic E-state index is 0. The van der Waals surface area contributed by atoms with Crippen molar-refractivity contribution in [2.75, 3.05) is 0 Å². The van der Waals surface area contributed by atoms with Gasteiger partial charge in [0, 0.05) is 66.2 Å². The van der Waals surface area contributed by atoms with E-state index in [-0.39, 0.29) is 20.4 Å². The SMILES string of the molecule is CCC1=C(CC)c2nc1c(CC)c1[nH]c(cc3nc(cc4c(CC)c(CC)c(c2CC)n4CC)C=C3)cc1CC.[Pd].c1ccc2ncccc2c1. The number of nitrogens with zero attached hydrogens (tertiary/aromatic N) is 4. The van der Waals surface area contributed by atoms with E-state index in [4.69, 9.17) is 9.97 Å². The van der Waals surface area contributed by atoms with Gasteiger partial charge in [-0.3, -0.25) is 4.98 Å². The van der Waals surface area contributed by atoms with Gasteiger partial charge in [0.1, 0.15) is 0 Å². The largest absolute Gasteiger partial charge is 0.355 e. The van der Waals surface area contributed by atoms with Crippen LogP contribution in [0.3, 0.4) is 0 Å². The quantitative estimate of drug-likeness (QED) is 0.157. The van der Waals surface area contributed by atoms with Crippen LogP contribution >= 0.6 is 0 Å². The Kier molecular flexibility index (Phi) is 12.7. The van der Waals surface area contributed by atoms with Gasteiger partial charge >= 0.3 is 0 Å². The molecule has 0 aliphatic carbocycles. The second-order valence-corrected chi connectivity index (χ2v) is 13.0. The molecule has 0 amide bonds. The molecule has 0 unspecified atom stereocenters. The number of aryl methyl sites for hydroxylation is 6. The Morgan fingerprint density at radius 2 is 1.24 bits per heavy atom. The molecule has 0 spiro atoms. The van der Waals surface area contributed by atoms with Crippen LogP contribution in [0.15, 0.2) is 60.8 Å². The molecule has 6 heterocycles. The molecule has 268 valence electrons. The summed E-state index contributed by atoms with van der Waals surface area (Å²) in [5.74, 6) is 0. The fraction of sp³-hybridized carbons (Fsp3) is 0.356. The summed E-state index contributed by atoms with van der Waals surface area (Å²) in [6.45, 7) is 19.2. The standard InChI is InChI=1S/C36H46N4.C9H7N.Pd/c1-9-22-19-25-20-23-17-18-24(37-23)21-32-26(10-2)29(13-5)36(40(32)16-8)31(15-7)35-28(12-4)27(11-3)34(39-35)30(14-6)33(22)38-25;1-2-6-9-8(4-1)5-3-7-10-9;/h17-21,38H,9-16H2,1-8H3;1-7H;. The van der Waals surface area contributed by atoms with Crippen molar-refractivity contribution in [3.05, 3.63) is 111 Å². The summed E-state index contributed by atoms with van der Waals surface area (Å²) in [5, 5.41) is 1.20. The van der Waals surface area contributed by atoms with Crippen molar-refractivity contribution < 1.29 is 20.4 Å². The molecule has 5 nitrogen and oxygen atoms in total. The number of hydrogen-bond donors (Lipinski definition) is 1. The first-order valence-electron chi connectivity index (χ1n) is 18.9. The summed E-state index contributed by atoms with van der Waals surface area (Å²) in [4.78, 5) is 18.6. The molecule has 7 rings (SSSR count). The second-order valence-electron chi connectivity index (χ2n) is 13.0. The average molecular weight is 770 g/mol. The number of nitrogens with one attached hydrogen (secondary N) is 1. The van der Waals surface area contributed by atoms with Crippen molar-refractivity contribution in [2.24, 2.45) is 0 Å². The number of aromatic amines is 1. The Hall–Kier alpha value is -4.11. The van der Waals surface area contributed by atoms with Gasteiger partial charge in [0.25, 0.3) is 0 Å². The van der Waals surface area contributed by atoms with Crippen molar-refractivity contribution in [3.63, 3.8) is 0 Å². The van der Waals surface area contributed by atoms with Gasteiger partial charge in [-0.1, -0.05) is 72.7 Å². The molecule has 0 saturated carbocycles. The molecule has 2 aliphatic heterocycles. The molecule has 0 fully saturated rings. The van der Waals surface area contributed by atoms with Crippen LogP contribution in [0.5, 0.6) is 0 Å². The monoisotopic (exact) mass is 769 g/mol. The molecule has 1 N–H and O–H groups in total. The average Bonchev–Trinajstić information content (AvgIpc) is 3.93. The van der Waals surface area contributed by atoms with Crippen LogP contribution in [0.2, 0.25) is 0 Å². The van der Waals surface area contributed by atoms with Gasteiger partial charge in [-0.2, -0.15) is 0 Å². The maximum absolute atomic E-state index is 5.61. The van der Waals surface area contributed by atoms with Crippen LogP contribution in [0.25, 0.3) is 56.3 Å². The third-order valence-electron chi connectivity index (χ3n) is 10.4. The van der Waals surface area contributed by atoms with E-state index >= 15 is 0 Å². The van der Waals surface area contributed by atoms with Crippen molar-refractivity contribution in [3.8, 4) is 0 Å². The van der Waals surface area contributed by atoms with E-state index < -0.39 is 0 Å². The molecule has 4 aromatic heterocycles. The summed E-state index contributed by atoms with van der Waals surface area (Å²) >= 11 is 0. The zero-order valence-corrected chi connectivity index (χ0v) is 33.2. The van der Waals surface area contributed by atoms with Gasteiger partial charge in [0.2, 0.25) is 0 Å². The van der Waals surface area contributed by atoms with Crippen LogP contribution in [-0.2, 0) is 59.1 Å². The molecular formula is C45H53N5Pd. The van der Waals surface area contributed by atoms with Crippen LogP contribution in [-0.4, -0.2) is 24.5 Å². The molecule has 2 aliphatic rings. The smallest absolute Gasteiger partial charge is 0.0725 e. The Morgan fingerprint density at radius 1 is 0.608 bits per heavy atom. The molecule has 0 saturated heterocycles. The minimum atomic E-state index is 0. The number of H-pyrrole nitrogens is 1. The van der Waals surface area contributed by atoms with E-state index in [1.165, 1.54) is 72.3 Å². The molecule has 1 aromatic carbocycles. The summed E-state index contributed by atoms with van der Waals surface area (Å²) in [6.07, 6.45) is 13.0. The van der Waals surface area contributed by atoms with Crippen molar-refractivity contribution in [1.29, 1.82) is 0 Å². The Bertz CT molecular complexity index is 2200. The number of rotatable bonds is 8. The van der Waals surface area contributed by atoms with Gasteiger partial charge < -0.3 is 9.55 Å². The van der Waals surface area contributed by atoms with E-state index in [9.17, 15) is 0 Å². The number of allylic oxidation sites excluding steroid dienone is 2. The number of aromatic nitrogens is 5. The maximum Gasteiger partial charge on any atom is 0.0725 e. The Labute approximate surface area is 318 Å². The van der Waals surface area contributed by atoms with Crippen molar-refractivity contribution >= 4 is 56.3 Å². The molecule has 8 bridgehead atoms. The summed E-state index contributed by atoms with van der Waals surface area (Å²) in [6, 6.07) is 18.9. The van der Waals surface area contributed by atoms with Gasteiger partial charge in [-0.25, -0.2) is 9.97 Å². The number of benzene rings is 1. The van der Waals surface area contributed by atoms with Crippen molar-refractivity contribution in [1.82, 2.24) is 24.5 Å². The second kappa shape index (κ2) is 16.9. The molecule has 5 aromatic rings. The maximum atomic E-state index is 5.61. The van der Waals surface area contributed by atoms with Crippen molar-refractivity contribution in [2.45, 2.75) is 107 Å². The van der Waals surface area contributed by atoms with Gasteiger partial charge in [-0.05, 0) is 122 Å². The first-order valence-corrected chi connectivity index (χ1v) is 18.9. The molecule has 6 heteroatoms. The fourth-order valence-corrected chi connectivity index (χ4v) is 8.08. The van der Waals surface area contributed by atoms with Gasteiger partial charge in [0.05, 0.1) is 33.8 Å². The number of para-hydroxylation sites is 1. The zero-order chi connectivity index (χ0) is 35.4.